The van der Waals surface area contributed by atoms with Gasteiger partial charge in [0.2, 0.25) is 10.0 Å². The molecule has 118 valence electrons. The summed E-state index contributed by atoms with van der Waals surface area (Å²) >= 11 is 2.40. The lowest BCUT2D eigenvalue weighted by molar-refractivity contribution is 0.0730. The summed E-state index contributed by atoms with van der Waals surface area (Å²) in [6.45, 7) is 1.44. The molecule has 0 bridgehead atoms. The summed E-state index contributed by atoms with van der Waals surface area (Å²) in [4.78, 5) is 16.5. The van der Waals surface area contributed by atoms with E-state index in [0.29, 0.717) is 36.3 Å². The van der Waals surface area contributed by atoms with Crippen molar-refractivity contribution in [1.29, 1.82) is 0 Å². The molecule has 0 unspecified atom stereocenters. The minimum Gasteiger partial charge on any atom is -0.379 e. The van der Waals surface area contributed by atoms with Gasteiger partial charge in [0.25, 0.3) is 5.91 Å². The molecule has 1 amide bonds. The Balaban J connectivity index is 1.76. The molecule has 0 atom stereocenters. The molecule has 0 spiro atoms. The van der Waals surface area contributed by atoms with Crippen molar-refractivity contribution >= 4 is 43.7 Å². The van der Waals surface area contributed by atoms with Crippen molar-refractivity contribution in [1.82, 2.24) is 9.29 Å². The molecule has 3 heterocycles. The molecule has 0 radical (unpaired) electrons. The van der Waals surface area contributed by atoms with Gasteiger partial charge < -0.3 is 4.74 Å². The zero-order valence-corrected chi connectivity index (χ0v) is 13.8. The largest absolute Gasteiger partial charge is 0.379 e. The van der Waals surface area contributed by atoms with Gasteiger partial charge in [-0.2, -0.15) is 4.31 Å². The second-order valence-corrected chi connectivity index (χ2v) is 8.20. The van der Waals surface area contributed by atoms with E-state index < -0.39 is 10.0 Å². The number of hydrogen-bond donors (Lipinski definition) is 1. The maximum atomic E-state index is 12.5. The summed E-state index contributed by atoms with van der Waals surface area (Å²) in [5.74, 6) is -0.358. The van der Waals surface area contributed by atoms with Crippen LogP contribution in [0.25, 0.3) is 0 Å². The van der Waals surface area contributed by atoms with Crippen LogP contribution >= 0.6 is 22.7 Å². The molecule has 0 aromatic carbocycles. The van der Waals surface area contributed by atoms with E-state index in [1.807, 2.05) is 0 Å². The quantitative estimate of drug-likeness (QED) is 0.893. The van der Waals surface area contributed by atoms with Gasteiger partial charge in [-0.1, -0.05) is 0 Å². The number of carbonyl (C=O) groups is 1. The van der Waals surface area contributed by atoms with E-state index >= 15 is 0 Å². The highest BCUT2D eigenvalue weighted by Gasteiger charge is 2.28. The maximum absolute atomic E-state index is 12.5. The predicted octanol–water partition coefficient (Wildman–Crippen LogP) is 1.48. The van der Waals surface area contributed by atoms with Crippen LogP contribution in [0.1, 0.15) is 9.67 Å². The lowest BCUT2D eigenvalue weighted by Gasteiger charge is -2.25. The van der Waals surface area contributed by atoms with Crippen LogP contribution in [0.3, 0.4) is 0 Å². The number of nitrogens with zero attached hydrogens (tertiary/aromatic N) is 2. The number of ether oxygens (including phenoxy) is 1. The lowest BCUT2D eigenvalue weighted by atomic mass is 10.4. The first kappa shape index (κ1) is 15.6. The Morgan fingerprint density at radius 3 is 2.77 bits per heavy atom. The average Bonchev–Trinajstić information content (AvgIpc) is 3.19. The van der Waals surface area contributed by atoms with Crippen LogP contribution < -0.4 is 5.32 Å². The van der Waals surface area contributed by atoms with Gasteiger partial charge >= 0.3 is 0 Å². The molecule has 0 saturated carbocycles. The molecule has 1 fully saturated rings. The number of thiophene rings is 1. The third-order valence-corrected chi connectivity index (χ3v) is 6.70. The number of amides is 1. The highest BCUT2D eigenvalue weighted by molar-refractivity contribution is 7.89. The normalized spacial score (nSPS) is 16.5. The molecular formula is C12H13N3O4S3. The number of carbonyl (C=O) groups excluding carboxylic acids is 1. The van der Waals surface area contributed by atoms with Crippen LogP contribution in [0.4, 0.5) is 5.13 Å². The van der Waals surface area contributed by atoms with Crippen molar-refractivity contribution in [3.8, 4) is 0 Å². The Labute approximate surface area is 135 Å². The predicted molar refractivity (Wildman–Crippen MR) is 84.0 cm³/mol. The molecule has 2 aromatic rings. The number of sulfonamides is 1. The van der Waals surface area contributed by atoms with Crippen LogP contribution in [0, 0.1) is 0 Å². The van der Waals surface area contributed by atoms with Crippen molar-refractivity contribution in [2.75, 3.05) is 31.6 Å². The van der Waals surface area contributed by atoms with Crippen LogP contribution in [0.2, 0.25) is 0 Å². The van der Waals surface area contributed by atoms with E-state index in [4.69, 9.17) is 4.74 Å². The van der Waals surface area contributed by atoms with Crippen molar-refractivity contribution in [3.05, 3.63) is 27.9 Å². The number of hydrogen-bond acceptors (Lipinski definition) is 7. The summed E-state index contributed by atoms with van der Waals surface area (Å²) in [5.41, 5.74) is 0. The Bertz CT molecular complexity index is 748. The van der Waals surface area contributed by atoms with Crippen LogP contribution in [-0.2, 0) is 14.8 Å². The van der Waals surface area contributed by atoms with Gasteiger partial charge in [0, 0.05) is 30.0 Å². The van der Waals surface area contributed by atoms with Crippen LogP contribution in [0.5, 0.6) is 0 Å². The molecule has 22 heavy (non-hydrogen) atoms. The fraction of sp³-hybridized carbons (Fsp3) is 0.333. The molecule has 1 N–H and O–H groups in total. The second-order valence-electron chi connectivity index (χ2n) is 4.45. The molecule has 2 aromatic heterocycles. The van der Waals surface area contributed by atoms with E-state index in [2.05, 4.69) is 10.3 Å². The van der Waals surface area contributed by atoms with Crippen LogP contribution in [0.15, 0.2) is 27.9 Å². The first-order chi connectivity index (χ1) is 10.6. The molecular weight excluding hydrogens is 346 g/mol. The lowest BCUT2D eigenvalue weighted by Crippen LogP contribution is -2.40. The van der Waals surface area contributed by atoms with Crippen molar-refractivity contribution in [2.24, 2.45) is 0 Å². The van der Waals surface area contributed by atoms with E-state index in [9.17, 15) is 13.2 Å². The van der Waals surface area contributed by atoms with E-state index in [0.717, 1.165) is 11.3 Å². The Morgan fingerprint density at radius 2 is 2.09 bits per heavy atom. The number of thiazole rings is 1. The van der Waals surface area contributed by atoms with Crippen molar-refractivity contribution in [3.63, 3.8) is 0 Å². The summed E-state index contributed by atoms with van der Waals surface area (Å²) in [7, 11) is -3.57. The SMILES string of the molecule is O=C(Nc1nccs1)c1cc(S(=O)(=O)N2CCOCC2)cs1. The third kappa shape index (κ3) is 3.20. The summed E-state index contributed by atoms with van der Waals surface area (Å²) in [6.07, 6.45) is 1.59. The minimum atomic E-state index is -3.57. The fourth-order valence-electron chi connectivity index (χ4n) is 1.95. The van der Waals surface area contributed by atoms with Gasteiger partial charge in [-0.25, -0.2) is 13.4 Å². The summed E-state index contributed by atoms with van der Waals surface area (Å²) < 4.78 is 31.5. The molecule has 1 saturated heterocycles. The molecule has 3 rings (SSSR count). The smallest absolute Gasteiger partial charge is 0.267 e. The topological polar surface area (TPSA) is 88.6 Å². The van der Waals surface area contributed by atoms with E-state index in [1.54, 1.807) is 11.6 Å². The maximum Gasteiger partial charge on any atom is 0.267 e. The molecule has 10 heteroatoms. The van der Waals surface area contributed by atoms with Gasteiger partial charge in [0.05, 0.1) is 23.0 Å². The highest BCUT2D eigenvalue weighted by Crippen LogP contribution is 2.24. The first-order valence-electron chi connectivity index (χ1n) is 6.44. The number of aromatic nitrogens is 1. The van der Waals surface area contributed by atoms with E-state index in [1.165, 1.54) is 27.1 Å². The average molecular weight is 359 g/mol. The zero-order chi connectivity index (χ0) is 15.6. The van der Waals surface area contributed by atoms with Crippen LogP contribution in [-0.4, -0.2) is 49.9 Å². The number of rotatable bonds is 4. The Hall–Kier alpha value is -1.33. The van der Waals surface area contributed by atoms with Gasteiger partial charge in [0.1, 0.15) is 0 Å². The minimum absolute atomic E-state index is 0.142. The standard InChI is InChI=1S/C12H13N3O4S3/c16-11(14-12-13-1-6-20-12)10-7-9(8-21-10)22(17,18)15-2-4-19-5-3-15/h1,6-8H,2-5H2,(H,13,14,16). The Kier molecular flexibility index (Phi) is 4.54. The molecule has 1 aliphatic rings. The number of nitrogens with one attached hydrogen (secondary N) is 1. The molecule has 0 aliphatic carbocycles. The van der Waals surface area contributed by atoms with Crippen molar-refractivity contribution in [2.45, 2.75) is 4.90 Å². The van der Waals surface area contributed by atoms with Gasteiger partial charge in [-0.3, -0.25) is 10.1 Å². The first-order valence-corrected chi connectivity index (χ1v) is 9.64. The summed E-state index contributed by atoms with van der Waals surface area (Å²) in [5, 5.41) is 6.35. The fourth-order valence-corrected chi connectivity index (χ4v) is 5.04. The zero-order valence-electron chi connectivity index (χ0n) is 11.4. The highest BCUT2D eigenvalue weighted by atomic mass is 32.2. The van der Waals surface area contributed by atoms with E-state index in [-0.39, 0.29) is 10.8 Å². The number of anilines is 1. The monoisotopic (exact) mass is 359 g/mol. The number of morpholine rings is 1. The van der Waals surface area contributed by atoms with Gasteiger partial charge in [0.15, 0.2) is 5.13 Å². The third-order valence-electron chi connectivity index (χ3n) is 3.06. The molecule has 7 nitrogen and oxygen atoms in total. The summed E-state index contributed by atoms with van der Waals surface area (Å²) in [6, 6.07) is 1.40. The Morgan fingerprint density at radius 1 is 1.32 bits per heavy atom. The van der Waals surface area contributed by atoms with Gasteiger partial charge in [-0.15, -0.1) is 22.7 Å². The second kappa shape index (κ2) is 6.42. The molecule has 1 aliphatic heterocycles. The van der Waals surface area contributed by atoms with Gasteiger partial charge in [-0.05, 0) is 6.07 Å². The van der Waals surface area contributed by atoms with Crippen molar-refractivity contribution < 1.29 is 17.9 Å².